The Bertz CT molecular complexity index is 532. The third-order valence-corrected chi connectivity index (χ3v) is 4.04. The zero-order valence-corrected chi connectivity index (χ0v) is 11.0. The lowest BCUT2D eigenvalue weighted by Crippen LogP contribution is -2.32. The Hall–Kier alpha value is -1.84. The Morgan fingerprint density at radius 1 is 1.32 bits per heavy atom. The number of Topliss-reactive ketones (excluding diaryl/α,β-unsaturated/α-hetero) is 1. The molecule has 1 heterocycles. The molecule has 0 N–H and O–H groups in total. The SMILES string of the molecule is COc1cccc2c1C(C(=O)N1CCCC1)CC2=O. The van der Waals surface area contributed by atoms with Gasteiger partial charge in [-0.25, -0.2) is 0 Å². The number of rotatable bonds is 2. The van der Waals surface area contributed by atoms with Gasteiger partial charge < -0.3 is 9.64 Å². The zero-order valence-electron chi connectivity index (χ0n) is 11.0. The maximum atomic E-state index is 12.5. The van der Waals surface area contributed by atoms with Crippen molar-refractivity contribution >= 4 is 11.7 Å². The summed E-state index contributed by atoms with van der Waals surface area (Å²) in [4.78, 5) is 26.5. The molecule has 4 nitrogen and oxygen atoms in total. The highest BCUT2D eigenvalue weighted by Crippen LogP contribution is 2.40. The van der Waals surface area contributed by atoms with Crippen LogP contribution in [0.2, 0.25) is 0 Å². The van der Waals surface area contributed by atoms with Crippen molar-refractivity contribution in [2.24, 2.45) is 0 Å². The lowest BCUT2D eigenvalue weighted by Gasteiger charge is -2.21. The molecular weight excluding hydrogens is 242 g/mol. The van der Waals surface area contributed by atoms with Gasteiger partial charge in [-0.1, -0.05) is 12.1 Å². The van der Waals surface area contributed by atoms with Crippen LogP contribution in [0.4, 0.5) is 0 Å². The van der Waals surface area contributed by atoms with E-state index >= 15 is 0 Å². The highest BCUT2D eigenvalue weighted by Gasteiger charge is 2.39. The van der Waals surface area contributed by atoms with Gasteiger partial charge in [-0.15, -0.1) is 0 Å². The maximum Gasteiger partial charge on any atom is 0.230 e. The highest BCUT2D eigenvalue weighted by molar-refractivity contribution is 6.07. The smallest absolute Gasteiger partial charge is 0.230 e. The molecule has 1 aromatic carbocycles. The molecule has 1 aliphatic carbocycles. The molecule has 1 aromatic rings. The summed E-state index contributed by atoms with van der Waals surface area (Å²) in [6, 6.07) is 5.41. The van der Waals surface area contributed by atoms with Gasteiger partial charge in [0.05, 0.1) is 13.0 Å². The molecule has 19 heavy (non-hydrogen) atoms. The molecule has 0 aromatic heterocycles. The summed E-state index contributed by atoms with van der Waals surface area (Å²) in [5.74, 6) is 0.429. The Labute approximate surface area is 112 Å². The lowest BCUT2D eigenvalue weighted by atomic mass is 9.99. The van der Waals surface area contributed by atoms with Crippen LogP contribution in [0.25, 0.3) is 0 Å². The summed E-state index contributed by atoms with van der Waals surface area (Å²) in [6.45, 7) is 1.63. The molecule has 0 saturated carbocycles. The molecule has 1 fully saturated rings. The van der Waals surface area contributed by atoms with Gasteiger partial charge in [0.1, 0.15) is 5.75 Å². The van der Waals surface area contributed by atoms with Crippen molar-refractivity contribution in [2.75, 3.05) is 20.2 Å². The number of benzene rings is 1. The van der Waals surface area contributed by atoms with Gasteiger partial charge in [0.15, 0.2) is 5.78 Å². The summed E-state index contributed by atoms with van der Waals surface area (Å²) < 4.78 is 5.33. The number of amides is 1. The van der Waals surface area contributed by atoms with Crippen molar-refractivity contribution in [1.29, 1.82) is 0 Å². The van der Waals surface area contributed by atoms with Crippen molar-refractivity contribution in [1.82, 2.24) is 4.90 Å². The molecular formula is C15H17NO3. The van der Waals surface area contributed by atoms with Crippen LogP contribution in [-0.2, 0) is 4.79 Å². The van der Waals surface area contributed by atoms with E-state index < -0.39 is 0 Å². The number of nitrogens with zero attached hydrogens (tertiary/aromatic N) is 1. The number of carbonyl (C=O) groups excluding carboxylic acids is 2. The summed E-state index contributed by atoms with van der Waals surface area (Å²) in [5, 5.41) is 0. The molecule has 1 atom stereocenters. The Morgan fingerprint density at radius 3 is 2.74 bits per heavy atom. The van der Waals surface area contributed by atoms with Crippen LogP contribution in [-0.4, -0.2) is 36.8 Å². The van der Waals surface area contributed by atoms with E-state index in [1.54, 1.807) is 19.2 Å². The van der Waals surface area contributed by atoms with E-state index in [0.717, 1.165) is 31.5 Å². The predicted molar refractivity (Wildman–Crippen MR) is 70.5 cm³/mol. The maximum absolute atomic E-state index is 12.5. The molecule has 3 rings (SSSR count). The van der Waals surface area contributed by atoms with E-state index in [1.165, 1.54) is 0 Å². The predicted octanol–water partition coefficient (Wildman–Crippen LogP) is 1.99. The third kappa shape index (κ3) is 1.91. The first-order valence-corrected chi connectivity index (χ1v) is 6.71. The summed E-state index contributed by atoms with van der Waals surface area (Å²) in [5.41, 5.74) is 1.43. The van der Waals surface area contributed by atoms with Crippen molar-refractivity contribution in [3.8, 4) is 5.75 Å². The minimum absolute atomic E-state index is 0.0476. The molecule has 1 amide bonds. The fourth-order valence-corrected chi connectivity index (χ4v) is 3.09. The summed E-state index contributed by atoms with van der Waals surface area (Å²) in [7, 11) is 1.58. The van der Waals surface area contributed by atoms with Crippen LogP contribution in [0.15, 0.2) is 18.2 Å². The first-order valence-electron chi connectivity index (χ1n) is 6.71. The number of likely N-dealkylation sites (tertiary alicyclic amines) is 1. The first-order chi connectivity index (χ1) is 9.22. The molecule has 0 bridgehead atoms. The summed E-state index contributed by atoms with van der Waals surface area (Å²) in [6.07, 6.45) is 2.40. The van der Waals surface area contributed by atoms with Gasteiger partial charge in [0, 0.05) is 30.6 Å². The zero-order chi connectivity index (χ0) is 13.4. The van der Waals surface area contributed by atoms with Crippen LogP contribution < -0.4 is 4.74 Å². The van der Waals surface area contributed by atoms with Gasteiger partial charge in [-0.05, 0) is 18.9 Å². The molecule has 4 heteroatoms. The minimum atomic E-state index is -0.350. The number of ether oxygens (including phenoxy) is 1. The molecule has 0 spiro atoms. The normalized spacial score (nSPS) is 21.6. The van der Waals surface area contributed by atoms with Gasteiger partial charge in [-0.3, -0.25) is 9.59 Å². The van der Waals surface area contributed by atoms with Crippen molar-refractivity contribution in [2.45, 2.75) is 25.2 Å². The second-order valence-corrected chi connectivity index (χ2v) is 5.13. The lowest BCUT2D eigenvalue weighted by molar-refractivity contribution is -0.131. The molecule has 1 aliphatic heterocycles. The second kappa shape index (κ2) is 4.68. The van der Waals surface area contributed by atoms with Gasteiger partial charge >= 0.3 is 0 Å². The molecule has 1 unspecified atom stereocenters. The Balaban J connectivity index is 1.98. The van der Waals surface area contributed by atoms with E-state index in [1.807, 2.05) is 11.0 Å². The van der Waals surface area contributed by atoms with Crippen molar-refractivity contribution in [3.63, 3.8) is 0 Å². The largest absolute Gasteiger partial charge is 0.496 e. The number of hydrogen-bond donors (Lipinski definition) is 0. The van der Waals surface area contributed by atoms with Crippen LogP contribution in [0, 0.1) is 0 Å². The van der Waals surface area contributed by atoms with E-state index in [-0.39, 0.29) is 24.0 Å². The second-order valence-electron chi connectivity index (χ2n) is 5.13. The van der Waals surface area contributed by atoms with E-state index in [0.29, 0.717) is 11.3 Å². The Morgan fingerprint density at radius 2 is 2.05 bits per heavy atom. The van der Waals surface area contributed by atoms with Crippen molar-refractivity contribution < 1.29 is 14.3 Å². The monoisotopic (exact) mass is 259 g/mol. The molecule has 1 saturated heterocycles. The van der Waals surface area contributed by atoms with Gasteiger partial charge in [0.2, 0.25) is 5.91 Å². The number of methoxy groups -OCH3 is 1. The standard InChI is InChI=1S/C15H17NO3/c1-19-13-6-4-5-10-12(17)9-11(14(10)13)15(18)16-7-2-3-8-16/h4-6,11H,2-3,7-9H2,1H3. The molecule has 0 radical (unpaired) electrons. The van der Waals surface area contributed by atoms with E-state index in [2.05, 4.69) is 0 Å². The average molecular weight is 259 g/mol. The molecule has 2 aliphatic rings. The van der Waals surface area contributed by atoms with E-state index in [9.17, 15) is 9.59 Å². The van der Waals surface area contributed by atoms with E-state index in [4.69, 9.17) is 4.74 Å². The molecule has 100 valence electrons. The number of carbonyl (C=O) groups is 2. The number of fused-ring (bicyclic) bond motifs is 1. The van der Waals surface area contributed by atoms with Gasteiger partial charge in [-0.2, -0.15) is 0 Å². The van der Waals surface area contributed by atoms with Crippen LogP contribution in [0.1, 0.15) is 41.1 Å². The minimum Gasteiger partial charge on any atom is -0.496 e. The van der Waals surface area contributed by atoms with Crippen LogP contribution in [0.5, 0.6) is 5.75 Å². The van der Waals surface area contributed by atoms with Crippen molar-refractivity contribution in [3.05, 3.63) is 29.3 Å². The highest BCUT2D eigenvalue weighted by atomic mass is 16.5. The number of ketones is 1. The van der Waals surface area contributed by atoms with Crippen LogP contribution >= 0.6 is 0 Å². The number of hydrogen-bond acceptors (Lipinski definition) is 3. The van der Waals surface area contributed by atoms with Gasteiger partial charge in [0.25, 0.3) is 0 Å². The fraction of sp³-hybridized carbons (Fsp3) is 0.467. The summed E-state index contributed by atoms with van der Waals surface area (Å²) >= 11 is 0. The fourth-order valence-electron chi connectivity index (χ4n) is 3.09. The Kier molecular flexibility index (Phi) is 3.01. The third-order valence-electron chi connectivity index (χ3n) is 4.04. The first kappa shape index (κ1) is 12.2. The topological polar surface area (TPSA) is 46.6 Å². The van der Waals surface area contributed by atoms with Crippen LogP contribution in [0.3, 0.4) is 0 Å². The quantitative estimate of drug-likeness (QED) is 0.816. The average Bonchev–Trinajstić information content (AvgIpc) is 3.06.